The molecule has 8 heteroatoms. The molecule has 4 nitrogen and oxygen atoms in total. The largest absolute Gasteiger partial charge is 0.457 e. The first-order valence-corrected chi connectivity index (χ1v) is 11.4. The molecule has 0 spiro atoms. The Labute approximate surface area is 193 Å². The summed E-state index contributed by atoms with van der Waals surface area (Å²) in [6.45, 7) is 0.962. The van der Waals surface area contributed by atoms with Gasteiger partial charge in [-0.05, 0) is 29.8 Å². The van der Waals surface area contributed by atoms with Gasteiger partial charge in [0.2, 0.25) is 5.91 Å². The van der Waals surface area contributed by atoms with E-state index in [-0.39, 0.29) is 5.91 Å². The summed E-state index contributed by atoms with van der Waals surface area (Å²) in [4.78, 5) is 19.9. The fourth-order valence-electron chi connectivity index (χ4n) is 4.02. The van der Waals surface area contributed by atoms with E-state index in [9.17, 15) is 18.0 Å². The Morgan fingerprint density at radius 2 is 1.58 bits per heavy atom. The number of amides is 1. The summed E-state index contributed by atoms with van der Waals surface area (Å²) in [6, 6.07) is 20.1. The van der Waals surface area contributed by atoms with E-state index < -0.39 is 17.7 Å². The minimum atomic E-state index is -4.36. The van der Waals surface area contributed by atoms with E-state index >= 15 is 0 Å². The summed E-state index contributed by atoms with van der Waals surface area (Å²) in [5, 5.41) is 0.585. The lowest BCUT2D eigenvalue weighted by Crippen LogP contribution is -2.38. The van der Waals surface area contributed by atoms with Gasteiger partial charge >= 0.3 is 6.18 Å². The molecule has 2 aliphatic heterocycles. The molecule has 0 aromatic heterocycles. The maximum Gasteiger partial charge on any atom is 0.416 e. The van der Waals surface area contributed by atoms with Crippen LogP contribution in [0.5, 0.6) is 11.5 Å². The van der Waals surface area contributed by atoms with Crippen LogP contribution in [0.2, 0.25) is 0 Å². The molecule has 0 aliphatic carbocycles. The lowest BCUT2D eigenvalue weighted by molar-refractivity contribution is -0.137. The lowest BCUT2D eigenvalue weighted by atomic mass is 9.87. The zero-order chi connectivity index (χ0) is 23.0. The zero-order valence-corrected chi connectivity index (χ0v) is 18.2. The molecule has 5 rings (SSSR count). The number of halogens is 3. The first-order chi connectivity index (χ1) is 15.9. The summed E-state index contributed by atoms with van der Waals surface area (Å²) in [7, 11) is 0. The first kappa shape index (κ1) is 21.6. The molecule has 3 aromatic rings. The van der Waals surface area contributed by atoms with Gasteiger partial charge in [-0.3, -0.25) is 14.7 Å². The molecule has 3 aromatic carbocycles. The number of aliphatic imine (C=N–C) groups is 1. The van der Waals surface area contributed by atoms with Crippen molar-refractivity contribution in [3.63, 3.8) is 0 Å². The van der Waals surface area contributed by atoms with Gasteiger partial charge in [0.15, 0.2) is 5.17 Å². The van der Waals surface area contributed by atoms with Crippen LogP contribution in [0, 0.1) is 0 Å². The molecule has 2 heterocycles. The van der Waals surface area contributed by atoms with E-state index in [1.165, 1.54) is 23.9 Å². The Balaban J connectivity index is 1.36. The standard InChI is InChI=1S/C25H19F3N2O2S/c26-25(27,28)17-11-9-16(10-12-17)15-33-24-29-13-14-30(24)23(31)22-18-5-1-3-7-20(18)32-21-8-4-2-6-19(21)22/h1-12,22H,13-15H2. The maximum absolute atomic E-state index is 13.8. The number of fused-ring (bicyclic) bond motifs is 2. The number of thioether (sulfide) groups is 1. The van der Waals surface area contributed by atoms with Crippen LogP contribution in [0.15, 0.2) is 77.8 Å². The number of para-hydroxylation sites is 2. The predicted octanol–water partition coefficient (Wildman–Crippen LogP) is 6.07. The lowest BCUT2D eigenvalue weighted by Gasteiger charge is -2.30. The Hall–Kier alpha value is -3.26. The van der Waals surface area contributed by atoms with Crippen molar-refractivity contribution in [3.05, 3.63) is 95.1 Å². The number of hydrogen-bond donors (Lipinski definition) is 0. The van der Waals surface area contributed by atoms with Crippen molar-refractivity contribution in [2.75, 3.05) is 13.1 Å². The number of rotatable bonds is 3. The summed E-state index contributed by atoms with van der Waals surface area (Å²) < 4.78 is 44.4. The molecule has 0 N–H and O–H groups in total. The summed E-state index contributed by atoms with van der Waals surface area (Å²) >= 11 is 1.36. The molecule has 0 saturated carbocycles. The van der Waals surface area contributed by atoms with E-state index in [4.69, 9.17) is 4.74 Å². The van der Waals surface area contributed by atoms with Crippen LogP contribution in [0.25, 0.3) is 0 Å². The molecule has 0 unspecified atom stereocenters. The van der Waals surface area contributed by atoms with Crippen molar-refractivity contribution in [1.29, 1.82) is 0 Å². The van der Waals surface area contributed by atoms with Gasteiger partial charge in [-0.15, -0.1) is 0 Å². The highest BCUT2D eigenvalue weighted by Gasteiger charge is 2.37. The molecule has 0 saturated heterocycles. The van der Waals surface area contributed by atoms with E-state index in [0.29, 0.717) is 35.5 Å². The number of hydrogen-bond acceptors (Lipinski definition) is 4. The molecule has 0 fully saturated rings. The van der Waals surface area contributed by atoms with Crippen LogP contribution >= 0.6 is 11.8 Å². The van der Waals surface area contributed by atoms with Gasteiger partial charge in [0, 0.05) is 23.4 Å². The normalized spacial score (nSPS) is 15.5. The van der Waals surface area contributed by atoms with Gasteiger partial charge in [-0.2, -0.15) is 13.2 Å². The zero-order valence-electron chi connectivity index (χ0n) is 17.4. The van der Waals surface area contributed by atoms with Crippen LogP contribution in [0.1, 0.15) is 28.2 Å². The smallest absolute Gasteiger partial charge is 0.416 e. The highest BCUT2D eigenvalue weighted by Crippen LogP contribution is 2.45. The molecule has 1 amide bonds. The fraction of sp³-hybridized carbons (Fsp3) is 0.200. The quantitative estimate of drug-likeness (QED) is 0.468. The third kappa shape index (κ3) is 4.23. The summed E-state index contributed by atoms with van der Waals surface area (Å²) in [5.41, 5.74) is 1.67. The van der Waals surface area contributed by atoms with Crippen molar-refractivity contribution in [3.8, 4) is 11.5 Å². The number of benzene rings is 3. The van der Waals surface area contributed by atoms with Crippen LogP contribution < -0.4 is 4.74 Å². The van der Waals surface area contributed by atoms with Crippen LogP contribution in [-0.2, 0) is 16.7 Å². The Kier molecular flexibility index (Phi) is 5.62. The first-order valence-electron chi connectivity index (χ1n) is 10.4. The van der Waals surface area contributed by atoms with E-state index in [1.54, 1.807) is 4.90 Å². The Morgan fingerprint density at radius 1 is 0.970 bits per heavy atom. The Morgan fingerprint density at radius 3 is 2.18 bits per heavy atom. The number of nitrogens with zero attached hydrogens (tertiary/aromatic N) is 2. The van der Waals surface area contributed by atoms with Crippen LogP contribution in [0.4, 0.5) is 13.2 Å². The highest BCUT2D eigenvalue weighted by atomic mass is 32.2. The molecule has 33 heavy (non-hydrogen) atoms. The van der Waals surface area contributed by atoms with E-state index in [0.717, 1.165) is 28.8 Å². The van der Waals surface area contributed by atoms with Gasteiger partial charge in [0.1, 0.15) is 11.5 Å². The Bertz CT molecular complexity index is 1180. The summed E-state index contributed by atoms with van der Waals surface area (Å²) in [5.74, 6) is 1.13. The van der Waals surface area contributed by atoms with E-state index in [1.807, 2.05) is 48.5 Å². The average Bonchev–Trinajstić information content (AvgIpc) is 3.29. The second-order valence-corrected chi connectivity index (χ2v) is 8.69. The van der Waals surface area contributed by atoms with Crippen molar-refractivity contribution < 1.29 is 22.7 Å². The van der Waals surface area contributed by atoms with Crippen LogP contribution in [0.3, 0.4) is 0 Å². The van der Waals surface area contributed by atoms with Gasteiger partial charge in [0.05, 0.1) is 18.0 Å². The summed E-state index contributed by atoms with van der Waals surface area (Å²) in [6.07, 6.45) is -4.36. The van der Waals surface area contributed by atoms with Gasteiger partial charge in [0.25, 0.3) is 0 Å². The third-order valence-electron chi connectivity index (χ3n) is 5.64. The monoisotopic (exact) mass is 468 g/mol. The molecular weight excluding hydrogens is 449 g/mol. The molecule has 0 radical (unpaired) electrons. The molecule has 2 aliphatic rings. The number of carbonyl (C=O) groups is 1. The predicted molar refractivity (Wildman–Crippen MR) is 122 cm³/mol. The van der Waals surface area contributed by atoms with Gasteiger partial charge in [-0.1, -0.05) is 60.3 Å². The fourth-order valence-corrected chi connectivity index (χ4v) is 5.03. The van der Waals surface area contributed by atoms with E-state index in [2.05, 4.69) is 4.99 Å². The third-order valence-corrected chi connectivity index (χ3v) is 6.73. The second-order valence-electron chi connectivity index (χ2n) is 7.75. The van der Waals surface area contributed by atoms with Crippen molar-refractivity contribution in [1.82, 2.24) is 4.90 Å². The average molecular weight is 469 g/mol. The SMILES string of the molecule is O=C(C1c2ccccc2Oc2ccccc21)N1CCN=C1SCc1ccc(C(F)(F)F)cc1. The number of alkyl halides is 3. The second kappa shape index (κ2) is 8.59. The highest BCUT2D eigenvalue weighted by molar-refractivity contribution is 8.13. The molecule has 0 atom stereocenters. The van der Waals surface area contributed by atoms with Crippen molar-refractivity contribution in [2.45, 2.75) is 17.8 Å². The van der Waals surface area contributed by atoms with Gasteiger partial charge < -0.3 is 4.74 Å². The number of carbonyl (C=O) groups excluding carboxylic acids is 1. The van der Waals surface area contributed by atoms with Crippen LogP contribution in [-0.4, -0.2) is 29.1 Å². The number of amidine groups is 1. The molecular formula is C25H19F3N2O2S. The van der Waals surface area contributed by atoms with Crippen molar-refractivity contribution in [2.24, 2.45) is 4.99 Å². The number of ether oxygens (including phenoxy) is 1. The van der Waals surface area contributed by atoms with Crippen molar-refractivity contribution >= 4 is 22.8 Å². The molecule has 168 valence electrons. The minimum Gasteiger partial charge on any atom is -0.457 e. The topological polar surface area (TPSA) is 41.9 Å². The molecule has 0 bridgehead atoms. The van der Waals surface area contributed by atoms with Gasteiger partial charge in [-0.25, -0.2) is 0 Å². The minimum absolute atomic E-state index is 0.0885. The maximum atomic E-state index is 13.8.